The predicted molar refractivity (Wildman–Crippen MR) is 58.4 cm³/mol. The van der Waals surface area contributed by atoms with Crippen LogP contribution in [0, 0.1) is 0 Å². The molecule has 14 heavy (non-hydrogen) atoms. The van der Waals surface area contributed by atoms with E-state index >= 15 is 0 Å². The Labute approximate surface area is 87.5 Å². The summed E-state index contributed by atoms with van der Waals surface area (Å²) in [6, 6.07) is 7.85. The average Bonchev–Trinajstić information content (AvgIpc) is 2.54. The lowest BCUT2D eigenvalue weighted by Gasteiger charge is -1.99. The number of halogens is 1. The topological polar surface area (TPSA) is 43.8 Å². The second kappa shape index (κ2) is 3.98. The zero-order valence-corrected chi connectivity index (χ0v) is 8.54. The Hall–Kier alpha value is -1.06. The number of nitrogens with two attached hydrogens (primary N) is 1. The molecule has 74 valence electrons. The van der Waals surface area contributed by atoms with Crippen LogP contribution in [-0.2, 0) is 6.54 Å². The Morgan fingerprint density at radius 2 is 2.14 bits per heavy atom. The molecule has 0 unspecified atom stereocenters. The third-order valence-corrected chi connectivity index (χ3v) is 2.55. The number of benzene rings is 1. The fraction of sp³-hybridized carbons (Fsp3) is 0.300. The highest BCUT2D eigenvalue weighted by molar-refractivity contribution is 6.34. The van der Waals surface area contributed by atoms with E-state index in [2.05, 4.69) is 5.10 Å². The zero-order valence-electron chi connectivity index (χ0n) is 7.78. The molecule has 0 amide bonds. The molecule has 0 saturated heterocycles. The summed E-state index contributed by atoms with van der Waals surface area (Å²) >= 11 is 6.15. The molecule has 1 aromatic heterocycles. The van der Waals surface area contributed by atoms with Crippen LogP contribution in [0.25, 0.3) is 10.9 Å². The second-order valence-electron chi connectivity index (χ2n) is 3.17. The van der Waals surface area contributed by atoms with Crippen molar-refractivity contribution < 1.29 is 0 Å². The number of hydrogen-bond donors (Lipinski definition) is 1. The Bertz CT molecular complexity index is 436. The maximum Gasteiger partial charge on any atom is 0.134 e. The van der Waals surface area contributed by atoms with Crippen molar-refractivity contribution in [3.63, 3.8) is 0 Å². The van der Waals surface area contributed by atoms with E-state index in [9.17, 15) is 0 Å². The molecule has 0 spiro atoms. The van der Waals surface area contributed by atoms with Gasteiger partial charge in [0.15, 0.2) is 0 Å². The van der Waals surface area contributed by atoms with Crippen molar-refractivity contribution in [1.29, 1.82) is 0 Å². The van der Waals surface area contributed by atoms with Crippen molar-refractivity contribution in [3.05, 3.63) is 29.4 Å². The number of aromatic nitrogens is 2. The van der Waals surface area contributed by atoms with Crippen LogP contribution in [0.3, 0.4) is 0 Å². The van der Waals surface area contributed by atoms with Crippen LogP contribution in [0.4, 0.5) is 0 Å². The highest BCUT2D eigenvalue weighted by Gasteiger charge is 2.06. The van der Waals surface area contributed by atoms with E-state index in [1.165, 1.54) is 0 Å². The van der Waals surface area contributed by atoms with E-state index in [0.29, 0.717) is 11.7 Å². The summed E-state index contributed by atoms with van der Waals surface area (Å²) in [5, 5.41) is 6.09. The second-order valence-corrected chi connectivity index (χ2v) is 3.53. The molecule has 4 heteroatoms. The molecule has 0 fully saturated rings. The molecule has 0 aliphatic heterocycles. The summed E-state index contributed by atoms with van der Waals surface area (Å²) in [7, 11) is 0. The van der Waals surface area contributed by atoms with Gasteiger partial charge in [-0.15, -0.1) is 0 Å². The van der Waals surface area contributed by atoms with E-state index in [-0.39, 0.29) is 0 Å². The van der Waals surface area contributed by atoms with Crippen molar-refractivity contribution in [2.75, 3.05) is 6.54 Å². The summed E-state index contributed by atoms with van der Waals surface area (Å²) in [6.45, 7) is 1.44. The number of fused-ring (bicyclic) bond motifs is 1. The van der Waals surface area contributed by atoms with Crippen LogP contribution in [0.1, 0.15) is 6.42 Å². The van der Waals surface area contributed by atoms with Crippen molar-refractivity contribution >= 4 is 22.5 Å². The van der Waals surface area contributed by atoms with Gasteiger partial charge in [-0.2, -0.15) is 5.10 Å². The normalized spacial score (nSPS) is 11.0. The quantitative estimate of drug-likeness (QED) is 0.841. The highest BCUT2D eigenvalue weighted by atomic mass is 35.5. The number of hydrogen-bond acceptors (Lipinski definition) is 2. The van der Waals surface area contributed by atoms with Crippen LogP contribution in [0.15, 0.2) is 24.3 Å². The van der Waals surface area contributed by atoms with Gasteiger partial charge in [0.25, 0.3) is 0 Å². The van der Waals surface area contributed by atoms with Gasteiger partial charge in [0.05, 0.1) is 5.52 Å². The number of rotatable bonds is 3. The third kappa shape index (κ3) is 1.61. The van der Waals surface area contributed by atoms with Gasteiger partial charge < -0.3 is 5.73 Å². The zero-order chi connectivity index (χ0) is 9.97. The maximum atomic E-state index is 6.15. The lowest BCUT2D eigenvalue weighted by Crippen LogP contribution is -2.06. The monoisotopic (exact) mass is 209 g/mol. The van der Waals surface area contributed by atoms with E-state index in [1.807, 2.05) is 24.3 Å². The van der Waals surface area contributed by atoms with E-state index in [1.54, 1.807) is 4.68 Å². The Balaban J connectivity index is 2.41. The molecule has 0 aliphatic carbocycles. The number of nitrogens with zero attached hydrogens (tertiary/aromatic N) is 2. The largest absolute Gasteiger partial charge is 0.330 e. The summed E-state index contributed by atoms with van der Waals surface area (Å²) < 4.78 is 1.80. The van der Waals surface area contributed by atoms with Gasteiger partial charge in [-0.1, -0.05) is 23.7 Å². The molecule has 1 heterocycles. The number of aryl methyl sites for hydroxylation is 1. The average molecular weight is 210 g/mol. The molecule has 2 aromatic rings. The summed E-state index contributed by atoms with van der Waals surface area (Å²) in [5.74, 6) is 0. The van der Waals surface area contributed by atoms with E-state index in [0.717, 1.165) is 23.9 Å². The SMILES string of the molecule is NCCCn1nc2ccccc2c1Cl. The van der Waals surface area contributed by atoms with Crippen LogP contribution >= 0.6 is 11.6 Å². The van der Waals surface area contributed by atoms with E-state index in [4.69, 9.17) is 17.3 Å². The summed E-state index contributed by atoms with van der Waals surface area (Å²) in [6.07, 6.45) is 0.897. The van der Waals surface area contributed by atoms with Gasteiger partial charge >= 0.3 is 0 Å². The standard InChI is InChI=1S/C10H12ClN3/c11-10-8-4-1-2-5-9(8)13-14(10)7-3-6-12/h1-2,4-5H,3,6-7,12H2. The van der Waals surface area contributed by atoms with Gasteiger partial charge in [0, 0.05) is 11.9 Å². The Morgan fingerprint density at radius 1 is 1.36 bits per heavy atom. The first kappa shape index (κ1) is 9.49. The summed E-state index contributed by atoms with van der Waals surface area (Å²) in [5.41, 5.74) is 6.38. The van der Waals surface area contributed by atoms with Crippen LogP contribution in [0.5, 0.6) is 0 Å². The molecule has 0 radical (unpaired) electrons. The van der Waals surface area contributed by atoms with Gasteiger partial charge in [-0.3, -0.25) is 4.68 Å². The van der Waals surface area contributed by atoms with Gasteiger partial charge in [-0.25, -0.2) is 0 Å². The first-order valence-corrected chi connectivity index (χ1v) is 5.02. The minimum Gasteiger partial charge on any atom is -0.330 e. The molecular weight excluding hydrogens is 198 g/mol. The Kier molecular flexibility index (Phi) is 2.70. The predicted octanol–water partition coefficient (Wildman–Crippen LogP) is 2.04. The molecule has 1 aromatic carbocycles. The Morgan fingerprint density at radius 3 is 2.86 bits per heavy atom. The van der Waals surface area contributed by atoms with Gasteiger partial charge in [0.1, 0.15) is 5.15 Å². The minimum absolute atomic E-state index is 0.659. The lowest BCUT2D eigenvalue weighted by molar-refractivity contribution is 0.591. The fourth-order valence-corrected chi connectivity index (χ4v) is 1.72. The molecule has 3 nitrogen and oxygen atoms in total. The lowest BCUT2D eigenvalue weighted by atomic mass is 10.3. The molecule has 0 bridgehead atoms. The van der Waals surface area contributed by atoms with Crippen LogP contribution in [-0.4, -0.2) is 16.3 Å². The van der Waals surface area contributed by atoms with Crippen LogP contribution in [0.2, 0.25) is 5.15 Å². The summed E-state index contributed by atoms with van der Waals surface area (Å²) in [4.78, 5) is 0. The van der Waals surface area contributed by atoms with Gasteiger partial charge in [0.2, 0.25) is 0 Å². The van der Waals surface area contributed by atoms with Crippen LogP contribution < -0.4 is 5.73 Å². The first-order valence-electron chi connectivity index (χ1n) is 4.64. The van der Waals surface area contributed by atoms with Crippen molar-refractivity contribution in [2.45, 2.75) is 13.0 Å². The van der Waals surface area contributed by atoms with Crippen molar-refractivity contribution in [1.82, 2.24) is 9.78 Å². The molecule has 0 atom stereocenters. The minimum atomic E-state index is 0.659. The van der Waals surface area contributed by atoms with Gasteiger partial charge in [-0.05, 0) is 25.1 Å². The highest BCUT2D eigenvalue weighted by Crippen LogP contribution is 2.22. The molecule has 2 rings (SSSR count). The fourth-order valence-electron chi connectivity index (χ4n) is 1.44. The first-order chi connectivity index (χ1) is 6.83. The molecular formula is C10H12ClN3. The third-order valence-electron chi connectivity index (χ3n) is 2.16. The molecule has 0 aliphatic rings. The maximum absolute atomic E-state index is 6.15. The molecule has 0 saturated carbocycles. The van der Waals surface area contributed by atoms with Crippen molar-refractivity contribution in [2.24, 2.45) is 5.73 Å². The molecule has 2 N–H and O–H groups in total. The van der Waals surface area contributed by atoms with Crippen molar-refractivity contribution in [3.8, 4) is 0 Å². The smallest absolute Gasteiger partial charge is 0.134 e. The van der Waals surface area contributed by atoms with E-state index < -0.39 is 0 Å².